The van der Waals surface area contributed by atoms with Gasteiger partial charge < -0.3 is 10.1 Å². The molecular weight excluding hydrogens is 354 g/mol. The van der Waals surface area contributed by atoms with Crippen molar-refractivity contribution in [3.63, 3.8) is 0 Å². The lowest BCUT2D eigenvalue weighted by Crippen LogP contribution is -2.28. The molecule has 0 bridgehead atoms. The van der Waals surface area contributed by atoms with Gasteiger partial charge in [-0.15, -0.1) is 0 Å². The molecule has 0 atom stereocenters. The Labute approximate surface area is 164 Å². The van der Waals surface area contributed by atoms with Gasteiger partial charge in [0.25, 0.3) is 5.91 Å². The van der Waals surface area contributed by atoms with Crippen molar-refractivity contribution < 1.29 is 14.3 Å². The highest BCUT2D eigenvalue weighted by molar-refractivity contribution is 5.80. The lowest BCUT2D eigenvalue weighted by Gasteiger charge is -2.08. The number of esters is 1. The molecule has 0 radical (unpaired) electrons. The molecule has 3 rings (SSSR count). The zero-order chi connectivity index (χ0) is 19.8. The summed E-state index contributed by atoms with van der Waals surface area (Å²) in [5, 5.41) is 7.06. The number of nitrogens with zero attached hydrogens (tertiary/aromatic N) is 2. The van der Waals surface area contributed by atoms with Gasteiger partial charge >= 0.3 is 5.97 Å². The highest BCUT2D eigenvalue weighted by Gasteiger charge is 2.09. The van der Waals surface area contributed by atoms with Crippen LogP contribution in [0.1, 0.15) is 23.1 Å². The molecule has 2 aromatic carbocycles. The number of carbonyl (C=O) groups is 2. The zero-order valence-corrected chi connectivity index (χ0v) is 15.8. The quantitative estimate of drug-likeness (QED) is 0.613. The fourth-order valence-electron chi connectivity index (χ4n) is 2.73. The van der Waals surface area contributed by atoms with E-state index in [1.165, 1.54) is 0 Å². The van der Waals surface area contributed by atoms with Crippen molar-refractivity contribution in [3.8, 4) is 5.69 Å². The Hall–Kier alpha value is -3.41. The maximum Gasteiger partial charge on any atom is 0.306 e. The molecule has 0 saturated carbocycles. The molecule has 0 saturated heterocycles. The number of aryl methyl sites for hydroxylation is 2. The topological polar surface area (TPSA) is 73.2 Å². The fourth-order valence-corrected chi connectivity index (χ4v) is 2.73. The summed E-state index contributed by atoms with van der Waals surface area (Å²) >= 11 is 0. The molecule has 28 heavy (non-hydrogen) atoms. The van der Waals surface area contributed by atoms with E-state index in [-0.39, 0.29) is 18.9 Å². The summed E-state index contributed by atoms with van der Waals surface area (Å²) in [6.45, 7) is 2.14. The number of rotatable bonds is 8. The molecule has 0 unspecified atom stereocenters. The first-order chi connectivity index (χ1) is 13.6. The van der Waals surface area contributed by atoms with Crippen molar-refractivity contribution in [3.05, 3.63) is 83.7 Å². The Morgan fingerprint density at radius 1 is 1.07 bits per heavy atom. The van der Waals surface area contributed by atoms with Gasteiger partial charge in [0, 0.05) is 19.2 Å². The van der Waals surface area contributed by atoms with Gasteiger partial charge in [0.15, 0.2) is 6.61 Å². The van der Waals surface area contributed by atoms with Crippen LogP contribution in [0.4, 0.5) is 0 Å². The molecule has 0 fully saturated rings. The van der Waals surface area contributed by atoms with Crippen molar-refractivity contribution in [2.24, 2.45) is 0 Å². The summed E-state index contributed by atoms with van der Waals surface area (Å²) in [5.41, 5.74) is 4.04. The van der Waals surface area contributed by atoms with E-state index < -0.39 is 5.97 Å². The van der Waals surface area contributed by atoms with Crippen LogP contribution in [0.15, 0.2) is 67.0 Å². The molecule has 0 spiro atoms. The van der Waals surface area contributed by atoms with E-state index in [2.05, 4.69) is 10.4 Å². The van der Waals surface area contributed by atoms with Gasteiger partial charge in [-0.2, -0.15) is 5.10 Å². The predicted molar refractivity (Wildman–Crippen MR) is 106 cm³/mol. The Balaban J connectivity index is 1.38. The Morgan fingerprint density at radius 3 is 2.61 bits per heavy atom. The van der Waals surface area contributed by atoms with Gasteiger partial charge in [0.05, 0.1) is 11.9 Å². The fraction of sp³-hybridized carbons (Fsp3) is 0.227. The van der Waals surface area contributed by atoms with E-state index in [0.717, 1.165) is 22.4 Å². The SMILES string of the molecule is Cc1ccccc1CNC(=O)COC(=O)CCc1cnn(-c2ccccc2)c1. The summed E-state index contributed by atoms with van der Waals surface area (Å²) in [4.78, 5) is 23.8. The molecule has 1 N–H and O–H groups in total. The molecule has 6 nitrogen and oxygen atoms in total. The van der Waals surface area contributed by atoms with Crippen molar-refractivity contribution in [1.29, 1.82) is 0 Å². The normalized spacial score (nSPS) is 10.5. The summed E-state index contributed by atoms with van der Waals surface area (Å²) in [7, 11) is 0. The predicted octanol–water partition coefficient (Wildman–Crippen LogP) is 2.97. The van der Waals surface area contributed by atoms with Crippen molar-refractivity contribution in [2.45, 2.75) is 26.3 Å². The third-order valence-corrected chi connectivity index (χ3v) is 4.38. The average molecular weight is 377 g/mol. The highest BCUT2D eigenvalue weighted by Crippen LogP contribution is 2.09. The second-order valence-electron chi connectivity index (χ2n) is 6.49. The number of hydrogen-bond acceptors (Lipinski definition) is 4. The van der Waals surface area contributed by atoms with E-state index in [0.29, 0.717) is 13.0 Å². The van der Waals surface area contributed by atoms with E-state index in [4.69, 9.17) is 4.74 Å². The van der Waals surface area contributed by atoms with Crippen molar-refractivity contribution >= 4 is 11.9 Å². The average Bonchev–Trinajstić information content (AvgIpc) is 3.20. The zero-order valence-electron chi connectivity index (χ0n) is 15.8. The van der Waals surface area contributed by atoms with Crippen LogP contribution in [-0.2, 0) is 27.3 Å². The minimum Gasteiger partial charge on any atom is -0.456 e. The van der Waals surface area contributed by atoms with E-state index in [1.54, 1.807) is 10.9 Å². The molecule has 0 aliphatic carbocycles. The Bertz CT molecular complexity index is 935. The highest BCUT2D eigenvalue weighted by atomic mass is 16.5. The number of aromatic nitrogens is 2. The van der Waals surface area contributed by atoms with Crippen molar-refractivity contribution in [1.82, 2.24) is 15.1 Å². The third-order valence-electron chi connectivity index (χ3n) is 4.38. The summed E-state index contributed by atoms with van der Waals surface area (Å²) in [5.74, 6) is -0.716. The van der Waals surface area contributed by atoms with Gasteiger partial charge in [-0.25, -0.2) is 4.68 Å². The van der Waals surface area contributed by atoms with Crippen LogP contribution in [-0.4, -0.2) is 28.3 Å². The first-order valence-electron chi connectivity index (χ1n) is 9.17. The number of carbonyl (C=O) groups excluding carboxylic acids is 2. The van der Waals surface area contributed by atoms with Crippen LogP contribution in [0, 0.1) is 6.92 Å². The van der Waals surface area contributed by atoms with E-state index in [9.17, 15) is 9.59 Å². The minimum absolute atomic E-state index is 0.200. The van der Waals surface area contributed by atoms with E-state index >= 15 is 0 Å². The van der Waals surface area contributed by atoms with Crippen LogP contribution in [0.3, 0.4) is 0 Å². The standard InChI is InChI=1S/C22H23N3O3/c1-17-7-5-6-8-19(17)14-23-21(26)16-28-22(27)12-11-18-13-24-25(15-18)20-9-3-2-4-10-20/h2-10,13,15H,11-12,14,16H2,1H3,(H,23,26). The largest absolute Gasteiger partial charge is 0.456 e. The molecule has 0 aliphatic heterocycles. The molecule has 6 heteroatoms. The smallest absolute Gasteiger partial charge is 0.306 e. The van der Waals surface area contributed by atoms with Crippen molar-refractivity contribution in [2.75, 3.05) is 6.61 Å². The first kappa shape index (κ1) is 19.4. The summed E-state index contributed by atoms with van der Waals surface area (Å²) < 4.78 is 6.82. The second kappa shape index (κ2) is 9.50. The number of ether oxygens (including phenoxy) is 1. The lowest BCUT2D eigenvalue weighted by molar-refractivity contribution is -0.148. The van der Waals surface area contributed by atoms with Gasteiger partial charge in [0.1, 0.15) is 0 Å². The number of benzene rings is 2. The molecule has 1 amide bonds. The Kier molecular flexibility index (Phi) is 6.57. The van der Waals surface area contributed by atoms with Gasteiger partial charge in [-0.1, -0.05) is 42.5 Å². The minimum atomic E-state index is -0.404. The van der Waals surface area contributed by atoms with Gasteiger partial charge in [-0.05, 0) is 42.2 Å². The van der Waals surface area contributed by atoms with Gasteiger partial charge in [-0.3, -0.25) is 9.59 Å². The van der Waals surface area contributed by atoms with Crippen LogP contribution < -0.4 is 5.32 Å². The van der Waals surface area contributed by atoms with Crippen LogP contribution in [0.2, 0.25) is 0 Å². The number of amides is 1. The first-order valence-corrected chi connectivity index (χ1v) is 9.17. The summed E-state index contributed by atoms with van der Waals surface area (Å²) in [6.07, 6.45) is 4.33. The lowest BCUT2D eigenvalue weighted by atomic mass is 10.1. The summed E-state index contributed by atoms with van der Waals surface area (Å²) in [6, 6.07) is 17.6. The van der Waals surface area contributed by atoms with Crippen LogP contribution in [0.25, 0.3) is 5.69 Å². The second-order valence-corrected chi connectivity index (χ2v) is 6.49. The Morgan fingerprint density at radius 2 is 1.82 bits per heavy atom. The third kappa shape index (κ3) is 5.54. The maximum absolute atomic E-state index is 11.9. The van der Waals surface area contributed by atoms with E-state index in [1.807, 2.05) is 67.7 Å². The molecular formula is C22H23N3O3. The molecule has 144 valence electrons. The molecule has 1 aromatic heterocycles. The van der Waals surface area contributed by atoms with Gasteiger partial charge in [0.2, 0.25) is 0 Å². The number of hydrogen-bond donors (Lipinski definition) is 1. The van der Waals surface area contributed by atoms with Crippen LogP contribution >= 0.6 is 0 Å². The maximum atomic E-state index is 11.9. The molecule has 0 aliphatic rings. The monoisotopic (exact) mass is 377 g/mol. The molecule has 3 aromatic rings. The number of para-hydroxylation sites is 1. The molecule has 1 heterocycles. The number of nitrogens with one attached hydrogen (secondary N) is 1. The van der Waals surface area contributed by atoms with Crippen LogP contribution in [0.5, 0.6) is 0 Å².